The minimum absolute atomic E-state index is 0.548. The zero-order valence-corrected chi connectivity index (χ0v) is 12.6. The molecular formula is C15H22BrN. The summed E-state index contributed by atoms with van der Waals surface area (Å²) in [5.74, 6) is 0. The number of rotatable bonds is 2. The molecule has 0 saturated heterocycles. The number of halogens is 1. The Labute approximate surface area is 113 Å². The van der Waals surface area contributed by atoms with Crippen molar-refractivity contribution in [3.63, 3.8) is 0 Å². The third kappa shape index (κ3) is 3.48. The standard InChI is InChI=1S/C15H22BrN/c1-11-4-5-13(10-14(11)16)17-12-6-8-15(2,3)9-7-12/h4-5,10,12,17H,6-9H2,1-3H3. The average Bonchev–Trinajstić information content (AvgIpc) is 2.27. The molecule has 0 amide bonds. The van der Waals surface area contributed by atoms with Gasteiger partial charge in [0.25, 0.3) is 0 Å². The van der Waals surface area contributed by atoms with Gasteiger partial charge in [-0.05, 0) is 55.7 Å². The van der Waals surface area contributed by atoms with Crippen molar-refractivity contribution in [3.05, 3.63) is 28.2 Å². The molecule has 0 aromatic heterocycles. The fourth-order valence-corrected chi connectivity index (χ4v) is 2.84. The molecule has 1 aromatic rings. The first-order valence-electron chi connectivity index (χ1n) is 6.49. The summed E-state index contributed by atoms with van der Waals surface area (Å²) in [6, 6.07) is 7.19. The molecule has 94 valence electrons. The molecule has 1 aliphatic rings. The van der Waals surface area contributed by atoms with Crippen LogP contribution in [0, 0.1) is 12.3 Å². The Kier molecular flexibility index (Phi) is 3.82. The molecular weight excluding hydrogens is 274 g/mol. The largest absolute Gasteiger partial charge is 0.382 e. The molecule has 17 heavy (non-hydrogen) atoms. The maximum Gasteiger partial charge on any atom is 0.0353 e. The third-order valence-corrected chi connectivity index (χ3v) is 4.74. The summed E-state index contributed by atoms with van der Waals surface area (Å²) in [4.78, 5) is 0. The Morgan fingerprint density at radius 2 is 1.88 bits per heavy atom. The van der Waals surface area contributed by atoms with E-state index in [4.69, 9.17) is 0 Å². The maximum absolute atomic E-state index is 3.66. The number of anilines is 1. The molecule has 0 atom stereocenters. The molecule has 1 nitrogen and oxygen atoms in total. The lowest BCUT2D eigenvalue weighted by atomic mass is 9.75. The van der Waals surface area contributed by atoms with Crippen LogP contribution in [-0.4, -0.2) is 6.04 Å². The van der Waals surface area contributed by atoms with Crippen LogP contribution in [0.5, 0.6) is 0 Å². The van der Waals surface area contributed by atoms with Gasteiger partial charge in [-0.2, -0.15) is 0 Å². The fraction of sp³-hybridized carbons (Fsp3) is 0.600. The quantitative estimate of drug-likeness (QED) is 0.797. The van der Waals surface area contributed by atoms with Crippen molar-refractivity contribution in [3.8, 4) is 0 Å². The van der Waals surface area contributed by atoms with Crippen molar-refractivity contribution in [2.75, 3.05) is 5.32 Å². The van der Waals surface area contributed by atoms with E-state index in [0.29, 0.717) is 11.5 Å². The second-order valence-electron chi connectivity index (χ2n) is 6.05. The zero-order chi connectivity index (χ0) is 12.5. The maximum atomic E-state index is 3.66. The van der Waals surface area contributed by atoms with Gasteiger partial charge in [0.05, 0.1) is 0 Å². The first kappa shape index (κ1) is 12.9. The van der Waals surface area contributed by atoms with Gasteiger partial charge in [-0.15, -0.1) is 0 Å². The number of hydrogen-bond donors (Lipinski definition) is 1. The smallest absolute Gasteiger partial charge is 0.0353 e. The molecule has 1 aliphatic carbocycles. The average molecular weight is 296 g/mol. The van der Waals surface area contributed by atoms with Crippen molar-refractivity contribution in [2.45, 2.75) is 52.5 Å². The third-order valence-electron chi connectivity index (χ3n) is 3.88. The highest BCUT2D eigenvalue weighted by Crippen LogP contribution is 2.36. The minimum atomic E-state index is 0.548. The van der Waals surface area contributed by atoms with E-state index >= 15 is 0 Å². The number of hydrogen-bond acceptors (Lipinski definition) is 1. The Morgan fingerprint density at radius 3 is 2.47 bits per heavy atom. The SMILES string of the molecule is Cc1ccc(NC2CCC(C)(C)CC2)cc1Br. The Balaban J connectivity index is 1.95. The van der Waals surface area contributed by atoms with Crippen molar-refractivity contribution in [1.82, 2.24) is 0 Å². The molecule has 1 aromatic carbocycles. The number of nitrogens with one attached hydrogen (secondary N) is 1. The Morgan fingerprint density at radius 1 is 1.24 bits per heavy atom. The lowest BCUT2D eigenvalue weighted by Gasteiger charge is -2.35. The normalized spacial score (nSPS) is 20.2. The second-order valence-corrected chi connectivity index (χ2v) is 6.90. The van der Waals surface area contributed by atoms with Crippen LogP contribution in [-0.2, 0) is 0 Å². The van der Waals surface area contributed by atoms with Crippen molar-refractivity contribution >= 4 is 21.6 Å². The molecule has 0 unspecified atom stereocenters. The zero-order valence-electron chi connectivity index (χ0n) is 11.0. The van der Waals surface area contributed by atoms with Crippen LogP contribution in [0.4, 0.5) is 5.69 Å². The number of benzene rings is 1. The van der Waals surface area contributed by atoms with Gasteiger partial charge in [-0.3, -0.25) is 0 Å². The molecule has 2 rings (SSSR count). The molecule has 2 heteroatoms. The Hall–Kier alpha value is -0.500. The summed E-state index contributed by atoms with van der Waals surface area (Å²) in [5.41, 5.74) is 3.08. The van der Waals surface area contributed by atoms with E-state index in [1.807, 2.05) is 0 Å². The van der Waals surface area contributed by atoms with E-state index < -0.39 is 0 Å². The predicted octanol–water partition coefficient (Wildman–Crippen LogP) is 5.14. The molecule has 1 fully saturated rings. The van der Waals surface area contributed by atoms with Gasteiger partial charge in [-0.1, -0.05) is 35.8 Å². The van der Waals surface area contributed by atoms with E-state index in [9.17, 15) is 0 Å². The lowest BCUT2D eigenvalue weighted by molar-refractivity contribution is 0.232. The van der Waals surface area contributed by atoms with Gasteiger partial charge in [-0.25, -0.2) is 0 Å². The van der Waals surface area contributed by atoms with Gasteiger partial charge in [0, 0.05) is 16.2 Å². The van der Waals surface area contributed by atoms with Crippen LogP contribution < -0.4 is 5.32 Å². The Bertz CT molecular complexity index is 388. The molecule has 0 aliphatic heterocycles. The summed E-state index contributed by atoms with van der Waals surface area (Å²) in [6.45, 7) is 6.88. The summed E-state index contributed by atoms with van der Waals surface area (Å²) in [7, 11) is 0. The first-order valence-corrected chi connectivity index (χ1v) is 7.28. The first-order chi connectivity index (χ1) is 7.96. The van der Waals surface area contributed by atoms with Crippen LogP contribution in [0.25, 0.3) is 0 Å². The highest BCUT2D eigenvalue weighted by molar-refractivity contribution is 9.10. The minimum Gasteiger partial charge on any atom is -0.382 e. The lowest BCUT2D eigenvalue weighted by Crippen LogP contribution is -2.29. The summed E-state index contributed by atoms with van der Waals surface area (Å²) in [5, 5.41) is 3.66. The van der Waals surface area contributed by atoms with Crippen LogP contribution in [0.15, 0.2) is 22.7 Å². The molecule has 0 spiro atoms. The van der Waals surface area contributed by atoms with Gasteiger partial charge in [0.2, 0.25) is 0 Å². The summed E-state index contributed by atoms with van der Waals surface area (Å²) < 4.78 is 1.19. The van der Waals surface area contributed by atoms with Gasteiger partial charge < -0.3 is 5.32 Å². The molecule has 0 radical (unpaired) electrons. The van der Waals surface area contributed by atoms with Gasteiger partial charge in [0.1, 0.15) is 0 Å². The molecule has 0 heterocycles. The van der Waals surface area contributed by atoms with E-state index in [0.717, 1.165) is 0 Å². The van der Waals surface area contributed by atoms with Gasteiger partial charge in [0.15, 0.2) is 0 Å². The van der Waals surface area contributed by atoms with E-state index in [-0.39, 0.29) is 0 Å². The summed E-state index contributed by atoms with van der Waals surface area (Å²) >= 11 is 3.59. The predicted molar refractivity (Wildman–Crippen MR) is 78.5 cm³/mol. The molecule has 0 bridgehead atoms. The van der Waals surface area contributed by atoms with Crippen LogP contribution in [0.1, 0.15) is 45.1 Å². The van der Waals surface area contributed by atoms with Gasteiger partial charge >= 0.3 is 0 Å². The van der Waals surface area contributed by atoms with Crippen molar-refractivity contribution < 1.29 is 0 Å². The van der Waals surface area contributed by atoms with E-state index in [1.54, 1.807) is 0 Å². The van der Waals surface area contributed by atoms with Crippen molar-refractivity contribution in [2.24, 2.45) is 5.41 Å². The monoisotopic (exact) mass is 295 g/mol. The fourth-order valence-electron chi connectivity index (χ4n) is 2.46. The number of aryl methyl sites for hydroxylation is 1. The van der Waals surface area contributed by atoms with Crippen LogP contribution in [0.3, 0.4) is 0 Å². The molecule has 1 N–H and O–H groups in total. The van der Waals surface area contributed by atoms with Crippen LogP contribution >= 0.6 is 15.9 Å². The van der Waals surface area contributed by atoms with E-state index in [1.165, 1.54) is 41.4 Å². The summed E-state index contributed by atoms with van der Waals surface area (Å²) in [6.07, 6.45) is 5.24. The van der Waals surface area contributed by atoms with Crippen LogP contribution in [0.2, 0.25) is 0 Å². The molecule has 1 saturated carbocycles. The topological polar surface area (TPSA) is 12.0 Å². The highest BCUT2D eigenvalue weighted by atomic mass is 79.9. The van der Waals surface area contributed by atoms with E-state index in [2.05, 4.69) is 60.2 Å². The van der Waals surface area contributed by atoms with Crippen molar-refractivity contribution in [1.29, 1.82) is 0 Å². The highest BCUT2D eigenvalue weighted by Gasteiger charge is 2.26. The second kappa shape index (κ2) is 5.01.